The number of hydrogen-bond donors (Lipinski definition) is 1. The Bertz CT molecular complexity index is 646. The van der Waals surface area contributed by atoms with E-state index >= 15 is 0 Å². The van der Waals surface area contributed by atoms with Crippen LogP contribution in [0, 0.1) is 3.57 Å². The van der Waals surface area contributed by atoms with E-state index in [1.807, 2.05) is 0 Å². The van der Waals surface area contributed by atoms with Crippen molar-refractivity contribution in [1.29, 1.82) is 0 Å². The summed E-state index contributed by atoms with van der Waals surface area (Å²) in [5.74, 6) is 0.554. The third kappa shape index (κ3) is 4.86. The summed E-state index contributed by atoms with van der Waals surface area (Å²) in [6.45, 7) is 1.03. The van der Waals surface area contributed by atoms with E-state index in [0.717, 1.165) is 9.32 Å². The molecule has 0 aliphatic rings. The van der Waals surface area contributed by atoms with Gasteiger partial charge in [-0.2, -0.15) is 0 Å². The molecule has 1 amide bonds. The van der Waals surface area contributed by atoms with Crippen LogP contribution in [-0.2, 0) is 4.74 Å². The Labute approximate surface area is 147 Å². The van der Waals surface area contributed by atoms with Gasteiger partial charge in [-0.15, -0.1) is 0 Å². The number of benzene rings is 2. The van der Waals surface area contributed by atoms with Gasteiger partial charge in [-0.1, -0.05) is 11.6 Å². The number of methoxy groups -OCH3 is 1. The molecule has 0 aliphatic heterocycles. The Morgan fingerprint density at radius 1 is 1.18 bits per heavy atom. The highest BCUT2D eigenvalue weighted by Crippen LogP contribution is 2.21. The van der Waals surface area contributed by atoms with Crippen molar-refractivity contribution in [2.75, 3.05) is 25.6 Å². The maximum Gasteiger partial charge on any atom is 0.255 e. The summed E-state index contributed by atoms with van der Waals surface area (Å²) in [4.78, 5) is 12.2. The zero-order chi connectivity index (χ0) is 15.9. The third-order valence-corrected chi connectivity index (χ3v) is 4.39. The van der Waals surface area contributed by atoms with Gasteiger partial charge in [0.1, 0.15) is 12.4 Å². The molecule has 0 fully saturated rings. The quantitative estimate of drug-likeness (QED) is 0.550. The first-order valence-electron chi connectivity index (χ1n) is 6.58. The van der Waals surface area contributed by atoms with E-state index in [1.165, 1.54) is 0 Å². The molecule has 0 unspecified atom stereocenters. The highest BCUT2D eigenvalue weighted by atomic mass is 127. The predicted octanol–water partition coefficient (Wildman–Crippen LogP) is 4.22. The van der Waals surface area contributed by atoms with Crippen LogP contribution in [0.3, 0.4) is 0 Å². The van der Waals surface area contributed by atoms with Crippen LogP contribution in [0.5, 0.6) is 5.75 Å². The molecule has 6 heteroatoms. The molecule has 0 saturated heterocycles. The molecule has 0 aromatic heterocycles. The van der Waals surface area contributed by atoms with E-state index in [0.29, 0.717) is 29.5 Å². The molecule has 0 radical (unpaired) electrons. The first kappa shape index (κ1) is 17.1. The summed E-state index contributed by atoms with van der Waals surface area (Å²) in [6.07, 6.45) is 0. The van der Waals surface area contributed by atoms with Gasteiger partial charge in [0.25, 0.3) is 5.91 Å². The first-order chi connectivity index (χ1) is 10.6. The van der Waals surface area contributed by atoms with Gasteiger partial charge in [-0.25, -0.2) is 0 Å². The molecule has 0 spiro atoms. The Balaban J connectivity index is 1.97. The number of nitrogens with one attached hydrogen (secondary N) is 1. The van der Waals surface area contributed by atoms with Gasteiger partial charge in [0.2, 0.25) is 0 Å². The molecule has 2 aromatic rings. The minimum Gasteiger partial charge on any atom is -0.491 e. The van der Waals surface area contributed by atoms with Gasteiger partial charge in [0.15, 0.2) is 0 Å². The smallest absolute Gasteiger partial charge is 0.255 e. The number of amides is 1. The van der Waals surface area contributed by atoms with Crippen molar-refractivity contribution in [2.24, 2.45) is 0 Å². The summed E-state index contributed by atoms with van der Waals surface area (Å²) >= 11 is 8.05. The van der Waals surface area contributed by atoms with Crippen LogP contribution < -0.4 is 10.1 Å². The highest BCUT2D eigenvalue weighted by Gasteiger charge is 2.08. The number of anilines is 1. The van der Waals surface area contributed by atoms with Gasteiger partial charge in [0, 0.05) is 21.9 Å². The standard InChI is InChI=1S/C16H15ClINO3/c1-21-8-9-22-13-5-3-12(4-6-13)19-16(20)11-2-7-14(17)15(18)10-11/h2-7,10H,8-9H2,1H3,(H,19,20). The highest BCUT2D eigenvalue weighted by molar-refractivity contribution is 14.1. The van der Waals surface area contributed by atoms with Crippen molar-refractivity contribution < 1.29 is 14.3 Å². The maximum atomic E-state index is 12.2. The molecule has 0 heterocycles. The molecule has 4 nitrogen and oxygen atoms in total. The molecule has 0 aliphatic carbocycles. The van der Waals surface area contributed by atoms with Crippen LogP contribution in [0.2, 0.25) is 5.02 Å². The zero-order valence-electron chi connectivity index (χ0n) is 11.9. The number of halogens is 2. The fourth-order valence-corrected chi connectivity index (χ4v) is 2.35. The SMILES string of the molecule is COCCOc1ccc(NC(=O)c2ccc(Cl)c(I)c2)cc1. The summed E-state index contributed by atoms with van der Waals surface area (Å²) in [5, 5.41) is 3.47. The van der Waals surface area contributed by atoms with Crippen LogP contribution in [0.15, 0.2) is 42.5 Å². The molecule has 0 saturated carbocycles. The average Bonchev–Trinajstić information content (AvgIpc) is 2.52. The Morgan fingerprint density at radius 2 is 1.91 bits per heavy atom. The van der Waals surface area contributed by atoms with Gasteiger partial charge >= 0.3 is 0 Å². The second-order valence-corrected chi connectivity index (χ2v) is 6.02. The van der Waals surface area contributed by atoms with Gasteiger partial charge in [-0.05, 0) is 65.1 Å². The summed E-state index contributed by atoms with van der Waals surface area (Å²) < 4.78 is 11.2. The van der Waals surface area contributed by atoms with Gasteiger partial charge in [0.05, 0.1) is 11.6 Å². The summed E-state index contributed by atoms with van der Waals surface area (Å²) in [7, 11) is 1.62. The van der Waals surface area contributed by atoms with Crippen LogP contribution in [0.25, 0.3) is 0 Å². The van der Waals surface area contributed by atoms with Gasteiger partial charge < -0.3 is 14.8 Å². The Kier molecular flexibility index (Phi) is 6.48. The lowest BCUT2D eigenvalue weighted by Crippen LogP contribution is -2.12. The summed E-state index contributed by atoms with van der Waals surface area (Å²) in [5.41, 5.74) is 1.27. The van der Waals surface area contributed by atoms with Crippen LogP contribution >= 0.6 is 34.2 Å². The minimum atomic E-state index is -0.178. The van der Waals surface area contributed by atoms with E-state index in [9.17, 15) is 4.79 Å². The lowest BCUT2D eigenvalue weighted by Gasteiger charge is -2.08. The lowest BCUT2D eigenvalue weighted by molar-refractivity contribution is 0.102. The normalized spacial score (nSPS) is 10.3. The average molecular weight is 432 g/mol. The zero-order valence-corrected chi connectivity index (χ0v) is 14.8. The van der Waals surface area contributed by atoms with Crippen molar-refractivity contribution >= 4 is 45.8 Å². The van der Waals surface area contributed by atoms with Crippen molar-refractivity contribution in [3.05, 3.63) is 56.6 Å². The molecule has 116 valence electrons. The largest absolute Gasteiger partial charge is 0.491 e. The molecular formula is C16H15ClINO3. The molecule has 2 aromatic carbocycles. The fraction of sp³-hybridized carbons (Fsp3) is 0.188. The van der Waals surface area contributed by atoms with Crippen molar-refractivity contribution in [1.82, 2.24) is 0 Å². The third-order valence-electron chi connectivity index (χ3n) is 2.85. The number of rotatable bonds is 6. The van der Waals surface area contributed by atoms with Crippen molar-refractivity contribution in [2.45, 2.75) is 0 Å². The molecule has 1 N–H and O–H groups in total. The number of carbonyl (C=O) groups excluding carboxylic acids is 1. The van der Waals surface area contributed by atoms with E-state index in [1.54, 1.807) is 49.6 Å². The number of ether oxygens (including phenoxy) is 2. The number of hydrogen-bond acceptors (Lipinski definition) is 3. The van der Waals surface area contributed by atoms with Crippen LogP contribution in [0.4, 0.5) is 5.69 Å². The molecule has 22 heavy (non-hydrogen) atoms. The van der Waals surface area contributed by atoms with Crippen LogP contribution in [0.1, 0.15) is 10.4 Å². The van der Waals surface area contributed by atoms with E-state index in [-0.39, 0.29) is 5.91 Å². The second kappa shape index (κ2) is 8.36. The Hall–Kier alpha value is -1.31. The molecule has 2 rings (SSSR count). The van der Waals surface area contributed by atoms with E-state index < -0.39 is 0 Å². The van der Waals surface area contributed by atoms with Crippen LogP contribution in [-0.4, -0.2) is 26.2 Å². The maximum absolute atomic E-state index is 12.2. The first-order valence-corrected chi connectivity index (χ1v) is 8.04. The van der Waals surface area contributed by atoms with E-state index in [4.69, 9.17) is 21.1 Å². The monoisotopic (exact) mass is 431 g/mol. The molecule has 0 bridgehead atoms. The van der Waals surface area contributed by atoms with Crippen molar-refractivity contribution in [3.63, 3.8) is 0 Å². The second-order valence-electron chi connectivity index (χ2n) is 4.45. The topological polar surface area (TPSA) is 47.6 Å². The molecular weight excluding hydrogens is 417 g/mol. The Morgan fingerprint density at radius 3 is 2.55 bits per heavy atom. The lowest BCUT2D eigenvalue weighted by atomic mass is 10.2. The predicted molar refractivity (Wildman–Crippen MR) is 95.9 cm³/mol. The summed E-state index contributed by atoms with van der Waals surface area (Å²) in [6, 6.07) is 12.4. The van der Waals surface area contributed by atoms with Crippen molar-refractivity contribution in [3.8, 4) is 5.75 Å². The van der Waals surface area contributed by atoms with E-state index in [2.05, 4.69) is 27.9 Å². The fourth-order valence-electron chi connectivity index (χ4n) is 1.72. The molecule has 0 atom stereocenters. The minimum absolute atomic E-state index is 0.178. The van der Waals surface area contributed by atoms with Gasteiger partial charge in [-0.3, -0.25) is 4.79 Å². The number of carbonyl (C=O) groups is 1.